The molecule has 3 N–H and O–H groups in total. The van der Waals surface area contributed by atoms with E-state index in [0.717, 1.165) is 11.1 Å². The summed E-state index contributed by atoms with van der Waals surface area (Å²) >= 11 is 1.27. The number of anilines is 1. The van der Waals surface area contributed by atoms with Crippen LogP contribution in [0.1, 0.15) is 16.8 Å². The van der Waals surface area contributed by atoms with Gasteiger partial charge in [-0.2, -0.15) is 0 Å². The van der Waals surface area contributed by atoms with Crippen molar-refractivity contribution in [2.75, 3.05) is 5.73 Å². The first kappa shape index (κ1) is 20.3. The molecular formula is C21H21N3O4S. The van der Waals surface area contributed by atoms with Crippen molar-refractivity contribution in [3.8, 4) is 0 Å². The molecule has 1 amide bonds. The summed E-state index contributed by atoms with van der Waals surface area (Å²) in [5.74, 6) is -0.572. The number of nitrogens with two attached hydrogens (primary N) is 1. The molecule has 7 nitrogen and oxygen atoms in total. The number of nitrogen functional groups attached to an aromatic ring is 1. The maximum absolute atomic E-state index is 12.6. The number of carbonyl (C=O) groups is 2. The molecule has 1 heterocycles. The number of rotatable bonds is 8. The molecule has 0 saturated carbocycles. The minimum atomic E-state index is -0.941. The number of ether oxygens (including phenoxy) is 2. The molecule has 3 aromatic rings. The standard InChI is InChI=1S/C21H21N3O4S/c22-20-23-17(14-29-20)11-18(19(25)27-12-15-7-3-1-4-8-15)24-21(26)28-13-16-9-5-2-6-10-16/h1-10,14,18H,11-13H2,(H2,22,23)(H,24,26)/t18-/m0/s1. The molecule has 0 aliphatic heterocycles. The summed E-state index contributed by atoms with van der Waals surface area (Å²) < 4.78 is 10.6. The van der Waals surface area contributed by atoms with E-state index in [0.29, 0.717) is 10.8 Å². The van der Waals surface area contributed by atoms with Crippen LogP contribution in [0.15, 0.2) is 66.0 Å². The lowest BCUT2D eigenvalue weighted by molar-refractivity contribution is -0.147. The van der Waals surface area contributed by atoms with Crippen molar-refractivity contribution >= 4 is 28.5 Å². The van der Waals surface area contributed by atoms with E-state index in [4.69, 9.17) is 15.2 Å². The lowest BCUT2D eigenvalue weighted by Gasteiger charge is -2.17. The molecule has 8 heteroatoms. The first-order chi connectivity index (χ1) is 14.1. The smallest absolute Gasteiger partial charge is 0.408 e. The van der Waals surface area contributed by atoms with Crippen LogP contribution in [0.5, 0.6) is 0 Å². The number of aromatic nitrogens is 1. The van der Waals surface area contributed by atoms with E-state index in [1.165, 1.54) is 11.3 Å². The van der Waals surface area contributed by atoms with E-state index >= 15 is 0 Å². The van der Waals surface area contributed by atoms with Crippen LogP contribution in [0.4, 0.5) is 9.93 Å². The molecule has 0 radical (unpaired) electrons. The summed E-state index contributed by atoms with van der Waals surface area (Å²) in [6, 6.07) is 17.6. The Bertz CT molecular complexity index is 931. The Labute approximate surface area is 172 Å². The zero-order valence-electron chi connectivity index (χ0n) is 15.6. The second-order valence-corrected chi connectivity index (χ2v) is 7.12. The lowest BCUT2D eigenvalue weighted by atomic mass is 10.1. The van der Waals surface area contributed by atoms with Gasteiger partial charge in [0.05, 0.1) is 5.69 Å². The third-order valence-electron chi connectivity index (χ3n) is 4.00. The van der Waals surface area contributed by atoms with E-state index in [2.05, 4.69) is 10.3 Å². The summed E-state index contributed by atoms with van der Waals surface area (Å²) in [6.45, 7) is 0.207. The monoisotopic (exact) mass is 411 g/mol. The zero-order valence-corrected chi connectivity index (χ0v) is 16.4. The number of nitrogens with zero attached hydrogens (tertiary/aromatic N) is 1. The molecule has 0 spiro atoms. The summed E-state index contributed by atoms with van der Waals surface area (Å²) in [5.41, 5.74) is 7.95. The van der Waals surface area contributed by atoms with Crippen LogP contribution in [0.25, 0.3) is 0 Å². The Morgan fingerprint density at radius 2 is 1.55 bits per heavy atom. The van der Waals surface area contributed by atoms with Crippen molar-refractivity contribution in [2.45, 2.75) is 25.7 Å². The molecule has 0 aliphatic rings. The highest BCUT2D eigenvalue weighted by Crippen LogP contribution is 2.14. The van der Waals surface area contributed by atoms with E-state index < -0.39 is 18.1 Å². The van der Waals surface area contributed by atoms with Crippen LogP contribution < -0.4 is 11.1 Å². The number of thiazole rings is 1. The van der Waals surface area contributed by atoms with Gasteiger partial charge in [0.25, 0.3) is 0 Å². The van der Waals surface area contributed by atoms with Gasteiger partial charge in [-0.05, 0) is 11.1 Å². The fourth-order valence-electron chi connectivity index (χ4n) is 2.56. The Morgan fingerprint density at radius 3 is 2.10 bits per heavy atom. The third kappa shape index (κ3) is 6.62. The summed E-state index contributed by atoms with van der Waals surface area (Å²) in [6.07, 6.45) is -0.555. The van der Waals surface area contributed by atoms with Crippen LogP contribution in [-0.2, 0) is 33.9 Å². The topological polar surface area (TPSA) is 104 Å². The summed E-state index contributed by atoms with van der Waals surface area (Å²) in [7, 11) is 0. The van der Waals surface area contributed by atoms with Gasteiger partial charge in [0.2, 0.25) is 0 Å². The van der Waals surface area contributed by atoms with Crippen molar-refractivity contribution in [2.24, 2.45) is 0 Å². The quantitative estimate of drug-likeness (QED) is 0.551. The minimum Gasteiger partial charge on any atom is -0.459 e. The number of esters is 1. The van der Waals surface area contributed by atoms with Gasteiger partial charge in [-0.15, -0.1) is 11.3 Å². The average Bonchev–Trinajstić information content (AvgIpc) is 3.16. The van der Waals surface area contributed by atoms with Crippen molar-refractivity contribution in [1.29, 1.82) is 0 Å². The Balaban J connectivity index is 1.60. The van der Waals surface area contributed by atoms with Crippen LogP contribution in [-0.4, -0.2) is 23.1 Å². The first-order valence-corrected chi connectivity index (χ1v) is 9.86. The molecule has 29 heavy (non-hydrogen) atoms. The van der Waals surface area contributed by atoms with E-state index in [1.54, 1.807) is 5.38 Å². The SMILES string of the molecule is Nc1nc(C[C@H](NC(=O)OCc2ccccc2)C(=O)OCc2ccccc2)cs1. The van der Waals surface area contributed by atoms with Crippen LogP contribution in [0, 0.1) is 0 Å². The van der Waals surface area contributed by atoms with Gasteiger partial charge < -0.3 is 20.5 Å². The second kappa shape index (κ2) is 10.2. The minimum absolute atomic E-state index is 0.0993. The Kier molecular flexibility index (Phi) is 7.18. The molecule has 0 saturated heterocycles. The summed E-state index contributed by atoms with van der Waals surface area (Å²) in [4.78, 5) is 29.0. The molecule has 0 unspecified atom stereocenters. The number of carbonyl (C=O) groups excluding carboxylic acids is 2. The average molecular weight is 411 g/mol. The van der Waals surface area contributed by atoms with Crippen molar-refractivity contribution in [3.63, 3.8) is 0 Å². The third-order valence-corrected chi connectivity index (χ3v) is 4.72. The van der Waals surface area contributed by atoms with Gasteiger partial charge in [-0.3, -0.25) is 0 Å². The van der Waals surface area contributed by atoms with Gasteiger partial charge in [0.1, 0.15) is 19.3 Å². The van der Waals surface area contributed by atoms with E-state index in [1.807, 2.05) is 60.7 Å². The van der Waals surface area contributed by atoms with Crippen LogP contribution >= 0.6 is 11.3 Å². The number of nitrogens with one attached hydrogen (secondary N) is 1. The molecule has 0 fully saturated rings. The van der Waals surface area contributed by atoms with Crippen molar-refractivity contribution in [3.05, 3.63) is 82.9 Å². The van der Waals surface area contributed by atoms with Crippen LogP contribution in [0.3, 0.4) is 0 Å². The molecule has 3 rings (SSSR count). The van der Waals surface area contributed by atoms with Gasteiger partial charge in [0.15, 0.2) is 5.13 Å². The first-order valence-electron chi connectivity index (χ1n) is 8.98. The van der Waals surface area contributed by atoms with Gasteiger partial charge in [-0.25, -0.2) is 14.6 Å². The molecule has 1 atom stereocenters. The molecule has 1 aromatic heterocycles. The molecule has 2 aromatic carbocycles. The number of hydrogen-bond donors (Lipinski definition) is 2. The van der Waals surface area contributed by atoms with E-state index in [9.17, 15) is 9.59 Å². The van der Waals surface area contributed by atoms with Crippen LogP contribution in [0.2, 0.25) is 0 Å². The number of hydrogen-bond acceptors (Lipinski definition) is 7. The zero-order chi connectivity index (χ0) is 20.5. The maximum Gasteiger partial charge on any atom is 0.408 e. The fourth-order valence-corrected chi connectivity index (χ4v) is 3.13. The second-order valence-electron chi connectivity index (χ2n) is 6.23. The van der Waals surface area contributed by atoms with Gasteiger partial charge >= 0.3 is 12.1 Å². The molecule has 0 aliphatic carbocycles. The Hall–Kier alpha value is -3.39. The van der Waals surface area contributed by atoms with Crippen molar-refractivity contribution in [1.82, 2.24) is 10.3 Å². The normalized spacial score (nSPS) is 11.4. The predicted molar refractivity (Wildman–Crippen MR) is 110 cm³/mol. The van der Waals surface area contributed by atoms with E-state index in [-0.39, 0.29) is 19.6 Å². The van der Waals surface area contributed by atoms with Gasteiger partial charge in [0, 0.05) is 11.8 Å². The highest BCUT2D eigenvalue weighted by molar-refractivity contribution is 7.13. The fraction of sp³-hybridized carbons (Fsp3) is 0.190. The number of amides is 1. The largest absolute Gasteiger partial charge is 0.459 e. The highest BCUT2D eigenvalue weighted by Gasteiger charge is 2.25. The van der Waals surface area contributed by atoms with Crippen molar-refractivity contribution < 1.29 is 19.1 Å². The maximum atomic E-state index is 12.6. The highest BCUT2D eigenvalue weighted by atomic mass is 32.1. The Morgan fingerprint density at radius 1 is 0.966 bits per heavy atom. The molecule has 0 bridgehead atoms. The lowest BCUT2D eigenvalue weighted by Crippen LogP contribution is -2.43. The summed E-state index contributed by atoms with van der Waals surface area (Å²) in [5, 5.41) is 4.70. The predicted octanol–water partition coefficient (Wildman–Crippen LogP) is 3.31. The number of alkyl carbamates (subject to hydrolysis) is 1. The molecular weight excluding hydrogens is 390 g/mol. The van der Waals surface area contributed by atoms with Gasteiger partial charge in [-0.1, -0.05) is 60.7 Å². The number of benzene rings is 2. The molecule has 150 valence electrons.